The van der Waals surface area contributed by atoms with E-state index in [-0.39, 0.29) is 5.91 Å². The minimum atomic E-state index is -0.518. The van der Waals surface area contributed by atoms with E-state index >= 15 is 0 Å². The highest BCUT2D eigenvalue weighted by Crippen LogP contribution is 2.32. The molecular formula is C18H19BrN2O3. The molecule has 3 rings (SSSR count). The van der Waals surface area contributed by atoms with Gasteiger partial charge in [-0.15, -0.1) is 0 Å². The van der Waals surface area contributed by atoms with Gasteiger partial charge >= 0.3 is 0 Å². The fourth-order valence-corrected chi connectivity index (χ4v) is 3.02. The lowest BCUT2D eigenvalue weighted by atomic mass is 10.2. The average Bonchev–Trinajstić information content (AvgIpc) is 2.61. The lowest BCUT2D eigenvalue weighted by molar-refractivity contribution is -0.127. The van der Waals surface area contributed by atoms with E-state index in [9.17, 15) is 4.79 Å². The molecule has 0 aromatic heterocycles. The van der Waals surface area contributed by atoms with Crippen molar-refractivity contribution in [3.05, 3.63) is 53.0 Å². The van der Waals surface area contributed by atoms with Crippen molar-refractivity contribution in [3.8, 4) is 11.5 Å². The van der Waals surface area contributed by atoms with Crippen LogP contribution in [0.5, 0.6) is 11.5 Å². The number of rotatable bonds is 5. The molecule has 24 heavy (non-hydrogen) atoms. The summed E-state index contributed by atoms with van der Waals surface area (Å²) in [6.07, 6.45) is -0.518. The third kappa shape index (κ3) is 3.82. The maximum Gasteiger partial charge on any atom is 0.262 e. The van der Waals surface area contributed by atoms with E-state index in [4.69, 9.17) is 9.47 Å². The molecule has 5 nitrogen and oxygen atoms in total. The summed E-state index contributed by atoms with van der Waals surface area (Å²) in [6.45, 7) is 1.68. The van der Waals surface area contributed by atoms with E-state index in [0.29, 0.717) is 19.7 Å². The molecule has 1 amide bonds. The van der Waals surface area contributed by atoms with Crippen molar-refractivity contribution < 1.29 is 14.3 Å². The van der Waals surface area contributed by atoms with E-state index < -0.39 is 6.10 Å². The number of carbonyl (C=O) groups is 1. The summed E-state index contributed by atoms with van der Waals surface area (Å²) in [5.41, 5.74) is 0.982. The van der Waals surface area contributed by atoms with Crippen LogP contribution in [0, 0.1) is 0 Å². The number of hydrogen-bond acceptors (Lipinski definition) is 4. The summed E-state index contributed by atoms with van der Waals surface area (Å²) >= 11 is 3.43. The Kier molecular flexibility index (Phi) is 5.25. The molecule has 1 N–H and O–H groups in total. The van der Waals surface area contributed by atoms with E-state index in [1.165, 1.54) is 0 Å². The molecule has 2 aromatic carbocycles. The van der Waals surface area contributed by atoms with Gasteiger partial charge in [0.15, 0.2) is 6.10 Å². The van der Waals surface area contributed by atoms with E-state index in [1.807, 2.05) is 48.5 Å². The lowest BCUT2D eigenvalue weighted by Gasteiger charge is -2.35. The number of fused-ring (bicyclic) bond motifs is 1. The van der Waals surface area contributed by atoms with Gasteiger partial charge in [-0.3, -0.25) is 4.79 Å². The first kappa shape index (κ1) is 16.6. The third-order valence-electron chi connectivity index (χ3n) is 3.83. The number of nitrogens with one attached hydrogen (secondary N) is 1. The number of hydrogen-bond donors (Lipinski definition) is 1. The normalized spacial score (nSPS) is 16.1. The first-order chi connectivity index (χ1) is 11.7. The van der Waals surface area contributed by atoms with Crippen LogP contribution in [0.4, 0.5) is 5.69 Å². The van der Waals surface area contributed by atoms with Crippen LogP contribution in [0.25, 0.3) is 0 Å². The van der Waals surface area contributed by atoms with Crippen molar-refractivity contribution in [2.45, 2.75) is 6.10 Å². The van der Waals surface area contributed by atoms with Gasteiger partial charge in [0.1, 0.15) is 18.1 Å². The van der Waals surface area contributed by atoms with Crippen molar-refractivity contribution >= 4 is 27.5 Å². The highest BCUT2D eigenvalue weighted by Gasteiger charge is 2.29. The monoisotopic (exact) mass is 390 g/mol. The van der Waals surface area contributed by atoms with Crippen LogP contribution in [-0.2, 0) is 4.79 Å². The Bertz CT molecular complexity index is 723. The predicted molar refractivity (Wildman–Crippen MR) is 96.8 cm³/mol. The quantitative estimate of drug-likeness (QED) is 0.852. The van der Waals surface area contributed by atoms with E-state index in [2.05, 4.69) is 26.1 Å². The van der Waals surface area contributed by atoms with Gasteiger partial charge in [-0.1, -0.05) is 34.1 Å². The largest absolute Gasteiger partial charge is 0.492 e. The number of likely N-dealkylation sites (N-methyl/N-ethyl adjacent to an activating group) is 1. The number of para-hydroxylation sites is 2. The fraction of sp³-hybridized carbons (Fsp3) is 0.278. The second kappa shape index (κ2) is 7.57. The van der Waals surface area contributed by atoms with Crippen LogP contribution >= 0.6 is 15.9 Å². The highest BCUT2D eigenvalue weighted by atomic mass is 79.9. The molecule has 0 spiro atoms. The summed E-state index contributed by atoms with van der Waals surface area (Å²) < 4.78 is 12.6. The SMILES string of the molecule is CNC(=O)[C@@H]1CN(CCOc2cccc(Br)c2)c2ccccc2O1. The zero-order valence-corrected chi connectivity index (χ0v) is 15.0. The number of ether oxygens (including phenoxy) is 2. The number of anilines is 1. The van der Waals surface area contributed by atoms with E-state index in [1.54, 1.807) is 7.05 Å². The standard InChI is InChI=1S/C18H19BrN2O3/c1-20-18(22)17-12-21(15-7-2-3-8-16(15)24-17)9-10-23-14-6-4-5-13(19)11-14/h2-8,11,17H,9-10,12H2,1H3,(H,20,22)/t17-/m0/s1. The molecule has 126 valence electrons. The van der Waals surface area contributed by atoms with Gasteiger partial charge in [-0.2, -0.15) is 0 Å². The molecule has 0 aliphatic carbocycles. The lowest BCUT2D eigenvalue weighted by Crippen LogP contribution is -2.49. The molecule has 0 saturated carbocycles. The molecule has 0 bridgehead atoms. The van der Waals surface area contributed by atoms with Gasteiger partial charge in [0.05, 0.1) is 18.8 Å². The minimum absolute atomic E-state index is 0.123. The highest BCUT2D eigenvalue weighted by molar-refractivity contribution is 9.10. The molecule has 1 atom stereocenters. The topological polar surface area (TPSA) is 50.8 Å². The van der Waals surface area contributed by atoms with Crippen LogP contribution in [0.3, 0.4) is 0 Å². The Morgan fingerprint density at radius 1 is 1.33 bits per heavy atom. The third-order valence-corrected chi connectivity index (χ3v) is 4.32. The molecule has 1 heterocycles. The van der Waals surface area contributed by atoms with Crippen LogP contribution in [0.15, 0.2) is 53.0 Å². The first-order valence-electron chi connectivity index (χ1n) is 7.78. The molecular weight excluding hydrogens is 372 g/mol. The number of amides is 1. The van der Waals surface area contributed by atoms with Crippen molar-refractivity contribution in [1.82, 2.24) is 5.32 Å². The number of halogens is 1. The molecule has 0 unspecified atom stereocenters. The van der Waals surface area contributed by atoms with Crippen molar-refractivity contribution in [2.24, 2.45) is 0 Å². The Morgan fingerprint density at radius 3 is 2.96 bits per heavy atom. The zero-order valence-electron chi connectivity index (χ0n) is 13.4. The van der Waals surface area contributed by atoms with Crippen LogP contribution in [0.2, 0.25) is 0 Å². The number of nitrogens with zero attached hydrogens (tertiary/aromatic N) is 1. The summed E-state index contributed by atoms with van der Waals surface area (Å²) in [7, 11) is 1.62. The second-order valence-corrected chi connectivity index (χ2v) is 6.36. The molecule has 6 heteroatoms. The first-order valence-corrected chi connectivity index (χ1v) is 8.57. The maximum atomic E-state index is 12.0. The van der Waals surface area contributed by atoms with Crippen molar-refractivity contribution in [1.29, 1.82) is 0 Å². The van der Waals surface area contributed by atoms with Gasteiger partial charge in [0, 0.05) is 11.5 Å². The van der Waals surface area contributed by atoms with Gasteiger partial charge in [-0.05, 0) is 30.3 Å². The van der Waals surface area contributed by atoms with Crippen LogP contribution in [0.1, 0.15) is 0 Å². The Hall–Kier alpha value is -2.21. The Balaban J connectivity index is 1.68. The fourth-order valence-electron chi connectivity index (χ4n) is 2.65. The summed E-state index contributed by atoms with van der Waals surface area (Å²) in [5, 5.41) is 2.65. The van der Waals surface area contributed by atoms with Crippen molar-refractivity contribution in [3.63, 3.8) is 0 Å². The Morgan fingerprint density at radius 2 is 2.17 bits per heavy atom. The minimum Gasteiger partial charge on any atom is -0.492 e. The zero-order chi connectivity index (χ0) is 16.9. The van der Waals surface area contributed by atoms with Gasteiger partial charge in [0.25, 0.3) is 5.91 Å². The Labute approximate surface area is 149 Å². The van der Waals surface area contributed by atoms with E-state index in [0.717, 1.165) is 21.7 Å². The molecule has 2 aromatic rings. The van der Waals surface area contributed by atoms with Crippen molar-refractivity contribution in [2.75, 3.05) is 31.6 Å². The molecule has 1 aliphatic heterocycles. The number of carbonyl (C=O) groups excluding carboxylic acids is 1. The smallest absolute Gasteiger partial charge is 0.262 e. The van der Waals surface area contributed by atoms with Gasteiger partial charge in [0.2, 0.25) is 0 Å². The summed E-state index contributed by atoms with van der Waals surface area (Å²) in [4.78, 5) is 14.1. The molecule has 0 radical (unpaired) electrons. The maximum absolute atomic E-state index is 12.0. The molecule has 0 saturated heterocycles. The van der Waals surface area contributed by atoms with Gasteiger partial charge < -0.3 is 19.7 Å². The van der Waals surface area contributed by atoms with Gasteiger partial charge in [-0.25, -0.2) is 0 Å². The predicted octanol–water partition coefficient (Wildman–Crippen LogP) is 2.84. The van der Waals surface area contributed by atoms with Crippen LogP contribution in [-0.4, -0.2) is 38.8 Å². The summed E-state index contributed by atoms with van der Waals surface area (Å²) in [5.74, 6) is 1.41. The average molecular weight is 391 g/mol. The second-order valence-electron chi connectivity index (χ2n) is 5.44. The van der Waals surface area contributed by atoms with Crippen LogP contribution < -0.4 is 19.7 Å². The summed E-state index contributed by atoms with van der Waals surface area (Å²) in [6, 6.07) is 15.5. The number of benzene rings is 2. The molecule has 1 aliphatic rings. The molecule has 0 fully saturated rings.